The Bertz CT molecular complexity index is 799. The Morgan fingerprint density at radius 1 is 1.15 bits per heavy atom. The van der Waals surface area contributed by atoms with E-state index in [1.165, 1.54) is 5.56 Å². The van der Waals surface area contributed by atoms with Crippen LogP contribution in [0.2, 0.25) is 0 Å². The molecule has 0 atom stereocenters. The molecule has 6 nitrogen and oxygen atoms in total. The molecule has 1 aliphatic rings. The van der Waals surface area contributed by atoms with E-state index < -0.39 is 5.60 Å². The van der Waals surface area contributed by atoms with Gasteiger partial charge >= 0.3 is 6.09 Å². The molecule has 1 saturated heterocycles. The number of nitrogens with zero attached hydrogens (tertiary/aromatic N) is 2. The maximum atomic E-state index is 12.2. The van der Waals surface area contributed by atoms with E-state index in [9.17, 15) is 9.59 Å². The summed E-state index contributed by atoms with van der Waals surface area (Å²) in [5.41, 5.74) is 1.65. The SMILES string of the molecule is CC(C)(C)OC(=O)N1CCN(Cc2cccc(-c3ccc(C=O)o3)c2)CC1. The summed E-state index contributed by atoms with van der Waals surface area (Å²) in [5.74, 6) is 1.02. The smallest absolute Gasteiger partial charge is 0.410 e. The number of rotatable bonds is 4. The van der Waals surface area contributed by atoms with Gasteiger partial charge in [0.1, 0.15) is 11.4 Å². The van der Waals surface area contributed by atoms with Crippen molar-refractivity contribution in [2.45, 2.75) is 32.9 Å². The fourth-order valence-corrected chi connectivity index (χ4v) is 3.07. The summed E-state index contributed by atoms with van der Waals surface area (Å²) in [6, 6.07) is 11.6. The van der Waals surface area contributed by atoms with Gasteiger partial charge in [0.2, 0.25) is 0 Å². The minimum Gasteiger partial charge on any atom is -0.453 e. The van der Waals surface area contributed by atoms with Gasteiger partial charge in [0, 0.05) is 38.3 Å². The molecule has 1 amide bonds. The van der Waals surface area contributed by atoms with Gasteiger partial charge in [-0.15, -0.1) is 0 Å². The Kier molecular flexibility index (Phi) is 5.65. The summed E-state index contributed by atoms with van der Waals surface area (Å²) >= 11 is 0. The van der Waals surface area contributed by atoms with Crippen molar-refractivity contribution in [3.63, 3.8) is 0 Å². The number of benzene rings is 1. The van der Waals surface area contributed by atoms with E-state index in [1.807, 2.05) is 39.0 Å². The molecule has 0 aliphatic carbocycles. The lowest BCUT2D eigenvalue weighted by atomic mass is 10.1. The normalized spacial score (nSPS) is 15.6. The number of ether oxygens (including phenoxy) is 1. The van der Waals surface area contributed by atoms with Crippen LogP contribution >= 0.6 is 0 Å². The second-order valence-electron chi connectivity index (χ2n) is 7.76. The summed E-state index contributed by atoms with van der Waals surface area (Å²) < 4.78 is 10.9. The largest absolute Gasteiger partial charge is 0.453 e. The topological polar surface area (TPSA) is 63.0 Å². The summed E-state index contributed by atoms with van der Waals surface area (Å²) in [5, 5.41) is 0. The number of aldehydes is 1. The third kappa shape index (κ3) is 5.20. The molecule has 0 radical (unpaired) electrons. The summed E-state index contributed by atoms with van der Waals surface area (Å²) in [4.78, 5) is 27.0. The van der Waals surface area contributed by atoms with Gasteiger partial charge in [-0.05, 0) is 44.5 Å². The van der Waals surface area contributed by atoms with Gasteiger partial charge in [-0.2, -0.15) is 0 Å². The minimum atomic E-state index is -0.468. The Balaban J connectivity index is 1.57. The molecule has 0 bridgehead atoms. The van der Waals surface area contributed by atoms with Gasteiger partial charge < -0.3 is 14.1 Å². The van der Waals surface area contributed by atoms with Gasteiger partial charge in [0.25, 0.3) is 0 Å². The number of furan rings is 1. The second-order valence-corrected chi connectivity index (χ2v) is 7.76. The lowest BCUT2D eigenvalue weighted by molar-refractivity contribution is 0.0139. The highest BCUT2D eigenvalue weighted by Gasteiger charge is 2.25. The second kappa shape index (κ2) is 7.96. The van der Waals surface area contributed by atoms with Crippen molar-refractivity contribution in [1.29, 1.82) is 0 Å². The summed E-state index contributed by atoms with van der Waals surface area (Å²) in [6.07, 6.45) is 0.463. The quantitative estimate of drug-likeness (QED) is 0.766. The fraction of sp³-hybridized carbons (Fsp3) is 0.429. The van der Waals surface area contributed by atoms with Crippen LogP contribution in [0.15, 0.2) is 40.8 Å². The molecule has 0 N–H and O–H groups in total. The highest BCUT2D eigenvalue weighted by molar-refractivity contribution is 5.72. The lowest BCUT2D eigenvalue weighted by Gasteiger charge is -2.35. The van der Waals surface area contributed by atoms with Crippen molar-refractivity contribution in [1.82, 2.24) is 9.80 Å². The number of hydrogen-bond acceptors (Lipinski definition) is 5. The van der Waals surface area contributed by atoms with Gasteiger partial charge in [0.05, 0.1) is 0 Å². The van der Waals surface area contributed by atoms with E-state index in [4.69, 9.17) is 9.15 Å². The van der Waals surface area contributed by atoms with E-state index in [0.717, 1.165) is 25.2 Å². The van der Waals surface area contributed by atoms with E-state index in [0.29, 0.717) is 30.9 Å². The van der Waals surface area contributed by atoms with Crippen molar-refractivity contribution < 1.29 is 18.7 Å². The first-order chi connectivity index (χ1) is 12.8. The zero-order valence-corrected chi connectivity index (χ0v) is 16.1. The van der Waals surface area contributed by atoms with Crippen LogP contribution in [0.25, 0.3) is 11.3 Å². The molecule has 0 spiro atoms. The van der Waals surface area contributed by atoms with Crippen LogP contribution in [0.4, 0.5) is 4.79 Å². The van der Waals surface area contributed by atoms with Crippen LogP contribution < -0.4 is 0 Å². The number of carbonyl (C=O) groups excluding carboxylic acids is 2. The van der Waals surface area contributed by atoms with Crippen LogP contribution in [0.1, 0.15) is 36.9 Å². The number of carbonyl (C=O) groups is 2. The molecule has 2 aromatic rings. The zero-order chi connectivity index (χ0) is 19.4. The predicted octanol–water partition coefficient (Wildman–Crippen LogP) is 3.81. The van der Waals surface area contributed by atoms with Crippen LogP contribution in [-0.4, -0.2) is 54.0 Å². The lowest BCUT2D eigenvalue weighted by Crippen LogP contribution is -2.49. The highest BCUT2D eigenvalue weighted by atomic mass is 16.6. The Morgan fingerprint density at radius 2 is 1.89 bits per heavy atom. The number of amides is 1. The first kappa shape index (κ1) is 19.2. The minimum absolute atomic E-state index is 0.243. The zero-order valence-electron chi connectivity index (χ0n) is 16.1. The molecular formula is C21H26N2O4. The van der Waals surface area contributed by atoms with Gasteiger partial charge in [-0.3, -0.25) is 9.69 Å². The van der Waals surface area contributed by atoms with E-state index >= 15 is 0 Å². The van der Waals surface area contributed by atoms with E-state index in [-0.39, 0.29) is 6.09 Å². The molecule has 6 heteroatoms. The maximum absolute atomic E-state index is 12.2. The van der Waals surface area contributed by atoms with Crippen LogP contribution in [0.3, 0.4) is 0 Å². The monoisotopic (exact) mass is 370 g/mol. The van der Waals surface area contributed by atoms with E-state index in [1.54, 1.807) is 11.0 Å². The van der Waals surface area contributed by atoms with Crippen molar-refractivity contribution in [2.75, 3.05) is 26.2 Å². The molecule has 0 saturated carbocycles. The molecule has 3 rings (SSSR count). The summed E-state index contributed by atoms with van der Waals surface area (Å²) in [7, 11) is 0. The first-order valence-corrected chi connectivity index (χ1v) is 9.19. The van der Waals surface area contributed by atoms with Gasteiger partial charge in [0.15, 0.2) is 12.0 Å². The van der Waals surface area contributed by atoms with Crippen LogP contribution in [0.5, 0.6) is 0 Å². The third-order valence-electron chi connectivity index (χ3n) is 4.38. The molecule has 2 heterocycles. The molecule has 1 aliphatic heterocycles. The van der Waals surface area contributed by atoms with Crippen LogP contribution in [0, 0.1) is 0 Å². The van der Waals surface area contributed by atoms with Crippen molar-refractivity contribution in [3.05, 3.63) is 47.7 Å². The molecule has 27 heavy (non-hydrogen) atoms. The Hall–Kier alpha value is -2.60. The Morgan fingerprint density at radius 3 is 2.52 bits per heavy atom. The first-order valence-electron chi connectivity index (χ1n) is 9.19. The number of hydrogen-bond donors (Lipinski definition) is 0. The summed E-state index contributed by atoms with van der Waals surface area (Å²) in [6.45, 7) is 9.38. The molecular weight excluding hydrogens is 344 g/mol. The molecule has 1 aromatic carbocycles. The third-order valence-corrected chi connectivity index (χ3v) is 4.38. The van der Waals surface area contributed by atoms with E-state index in [2.05, 4.69) is 17.0 Å². The van der Waals surface area contributed by atoms with Crippen molar-refractivity contribution in [2.24, 2.45) is 0 Å². The molecule has 1 aromatic heterocycles. The maximum Gasteiger partial charge on any atom is 0.410 e. The standard InChI is InChI=1S/C21H26N2O4/c1-21(2,3)27-20(25)23-11-9-22(10-12-23)14-16-5-4-6-17(13-16)19-8-7-18(15-24)26-19/h4-8,13,15H,9-12,14H2,1-3H3. The average Bonchev–Trinajstić information content (AvgIpc) is 3.10. The van der Waals surface area contributed by atoms with Crippen molar-refractivity contribution in [3.8, 4) is 11.3 Å². The fourth-order valence-electron chi connectivity index (χ4n) is 3.07. The molecule has 1 fully saturated rings. The average molecular weight is 370 g/mol. The van der Waals surface area contributed by atoms with Gasteiger partial charge in [-0.1, -0.05) is 18.2 Å². The van der Waals surface area contributed by atoms with Gasteiger partial charge in [-0.25, -0.2) is 4.79 Å². The number of piperazine rings is 1. The van der Waals surface area contributed by atoms with Crippen molar-refractivity contribution >= 4 is 12.4 Å². The molecule has 0 unspecified atom stereocenters. The predicted molar refractivity (Wildman–Crippen MR) is 103 cm³/mol. The van der Waals surface area contributed by atoms with Crippen LogP contribution in [-0.2, 0) is 11.3 Å². The highest BCUT2D eigenvalue weighted by Crippen LogP contribution is 2.23. The molecule has 144 valence electrons. The Labute approximate surface area is 159 Å².